The second-order valence-electron chi connectivity index (χ2n) is 4.54. The molecular weight excluding hydrogens is 220 g/mol. The summed E-state index contributed by atoms with van der Waals surface area (Å²) in [4.78, 5) is 18.6. The van der Waals surface area contributed by atoms with Crippen molar-refractivity contribution in [1.82, 2.24) is 19.7 Å². The van der Waals surface area contributed by atoms with Crippen molar-refractivity contribution in [2.45, 2.75) is 38.3 Å². The molecule has 1 aliphatic carbocycles. The smallest absolute Gasteiger partial charge is 0.262 e. The van der Waals surface area contributed by atoms with Gasteiger partial charge in [0.25, 0.3) is 5.56 Å². The summed E-state index contributed by atoms with van der Waals surface area (Å²) in [6.45, 7) is 1.58. The first kappa shape index (κ1) is 10.5. The van der Waals surface area contributed by atoms with Gasteiger partial charge in [-0.1, -0.05) is 0 Å². The van der Waals surface area contributed by atoms with Gasteiger partial charge in [-0.05, 0) is 26.2 Å². The normalized spacial score (nSPS) is 18.2. The lowest BCUT2D eigenvalue weighted by atomic mass is 9.93. The van der Waals surface area contributed by atoms with Gasteiger partial charge in [-0.25, -0.2) is 9.67 Å². The summed E-state index contributed by atoms with van der Waals surface area (Å²) in [7, 11) is 0. The van der Waals surface area contributed by atoms with Crippen LogP contribution in [0.15, 0.2) is 11.0 Å². The summed E-state index contributed by atoms with van der Waals surface area (Å²) < 4.78 is 1.81. The van der Waals surface area contributed by atoms with E-state index < -0.39 is 6.10 Å². The third-order valence-electron chi connectivity index (χ3n) is 3.30. The van der Waals surface area contributed by atoms with Gasteiger partial charge in [0, 0.05) is 0 Å². The van der Waals surface area contributed by atoms with Crippen molar-refractivity contribution in [2.75, 3.05) is 0 Å². The van der Waals surface area contributed by atoms with Gasteiger partial charge >= 0.3 is 0 Å². The number of hydrogen-bond acceptors (Lipinski definition) is 4. The molecule has 0 unspecified atom stereocenters. The molecule has 0 aliphatic heterocycles. The molecule has 1 fully saturated rings. The van der Waals surface area contributed by atoms with Crippen LogP contribution in [0.3, 0.4) is 0 Å². The van der Waals surface area contributed by atoms with E-state index in [0.717, 1.165) is 12.8 Å². The van der Waals surface area contributed by atoms with Gasteiger partial charge in [0.15, 0.2) is 5.65 Å². The van der Waals surface area contributed by atoms with E-state index in [1.165, 1.54) is 6.42 Å². The van der Waals surface area contributed by atoms with Crippen LogP contribution < -0.4 is 5.56 Å². The minimum Gasteiger partial charge on any atom is -0.385 e. The standard InChI is InChI=1S/C11H14N4O2/c1-6(16)9-13-10-8(11(17)14-9)5-12-15(10)7-3-2-4-7/h5-7,16H,2-4H2,1H3,(H,13,14,17)/t6-/m0/s1. The van der Waals surface area contributed by atoms with Gasteiger partial charge in [0.2, 0.25) is 0 Å². The monoisotopic (exact) mass is 234 g/mol. The highest BCUT2D eigenvalue weighted by atomic mass is 16.3. The molecule has 2 heterocycles. The summed E-state index contributed by atoms with van der Waals surface area (Å²) in [6, 6.07) is 0.351. The zero-order valence-corrected chi connectivity index (χ0v) is 9.55. The molecule has 90 valence electrons. The lowest BCUT2D eigenvalue weighted by molar-refractivity contribution is 0.188. The number of H-pyrrole nitrogens is 1. The van der Waals surface area contributed by atoms with Crippen LogP contribution in [0, 0.1) is 0 Å². The summed E-state index contributed by atoms with van der Waals surface area (Å²) in [6.07, 6.45) is 4.12. The minimum absolute atomic E-state index is 0.239. The lowest BCUT2D eigenvalue weighted by Gasteiger charge is -2.25. The van der Waals surface area contributed by atoms with Crippen molar-refractivity contribution in [2.24, 2.45) is 0 Å². The van der Waals surface area contributed by atoms with Gasteiger partial charge in [0.05, 0.1) is 12.2 Å². The highest BCUT2D eigenvalue weighted by Gasteiger charge is 2.23. The van der Waals surface area contributed by atoms with Crippen molar-refractivity contribution in [3.05, 3.63) is 22.4 Å². The molecular formula is C11H14N4O2. The largest absolute Gasteiger partial charge is 0.385 e. The maximum atomic E-state index is 11.8. The summed E-state index contributed by atoms with van der Waals surface area (Å²) in [5, 5.41) is 14.2. The van der Waals surface area contributed by atoms with Crippen LogP contribution in [0.5, 0.6) is 0 Å². The van der Waals surface area contributed by atoms with Crippen molar-refractivity contribution in [3.8, 4) is 0 Å². The van der Waals surface area contributed by atoms with Crippen molar-refractivity contribution < 1.29 is 5.11 Å². The van der Waals surface area contributed by atoms with E-state index in [4.69, 9.17) is 0 Å². The van der Waals surface area contributed by atoms with Gasteiger partial charge in [-0.3, -0.25) is 4.79 Å². The van der Waals surface area contributed by atoms with Gasteiger partial charge < -0.3 is 10.1 Å². The zero-order chi connectivity index (χ0) is 12.0. The van der Waals surface area contributed by atoms with E-state index >= 15 is 0 Å². The molecule has 0 bridgehead atoms. The van der Waals surface area contributed by atoms with E-state index in [9.17, 15) is 9.90 Å². The predicted molar refractivity (Wildman–Crippen MR) is 61.7 cm³/mol. The SMILES string of the molecule is C[C@H](O)c1nc2c(cnn2C2CCC2)c(=O)[nH]1. The molecule has 0 amide bonds. The molecule has 6 heteroatoms. The average Bonchev–Trinajstić information content (AvgIpc) is 2.60. The second kappa shape index (κ2) is 3.66. The van der Waals surface area contributed by atoms with E-state index in [0.29, 0.717) is 22.9 Å². The van der Waals surface area contributed by atoms with Crippen molar-refractivity contribution in [3.63, 3.8) is 0 Å². The van der Waals surface area contributed by atoms with E-state index in [-0.39, 0.29) is 5.56 Å². The maximum absolute atomic E-state index is 11.8. The number of hydrogen-bond donors (Lipinski definition) is 2. The van der Waals surface area contributed by atoms with E-state index in [1.54, 1.807) is 17.8 Å². The number of nitrogens with one attached hydrogen (secondary N) is 1. The Morgan fingerprint density at radius 3 is 2.94 bits per heavy atom. The topological polar surface area (TPSA) is 83.8 Å². The van der Waals surface area contributed by atoms with Crippen molar-refractivity contribution in [1.29, 1.82) is 0 Å². The molecule has 3 rings (SSSR count). The van der Waals surface area contributed by atoms with Crippen LogP contribution in [0.4, 0.5) is 0 Å². The Morgan fingerprint density at radius 2 is 2.35 bits per heavy atom. The van der Waals surface area contributed by atoms with E-state index in [1.807, 2.05) is 0 Å². The molecule has 1 saturated carbocycles. The molecule has 1 aliphatic rings. The zero-order valence-electron chi connectivity index (χ0n) is 9.55. The highest BCUT2D eigenvalue weighted by molar-refractivity contribution is 5.73. The third kappa shape index (κ3) is 1.56. The summed E-state index contributed by atoms with van der Waals surface area (Å²) in [5.74, 6) is 0.295. The fourth-order valence-electron chi connectivity index (χ4n) is 2.05. The minimum atomic E-state index is -0.781. The van der Waals surface area contributed by atoms with Gasteiger partial charge in [-0.2, -0.15) is 5.10 Å². The first-order chi connectivity index (χ1) is 8.16. The second-order valence-corrected chi connectivity index (χ2v) is 4.54. The number of fused-ring (bicyclic) bond motifs is 1. The Morgan fingerprint density at radius 1 is 1.59 bits per heavy atom. The number of aliphatic hydroxyl groups is 1. The molecule has 0 saturated heterocycles. The Bertz CT molecular complexity index is 609. The van der Waals surface area contributed by atoms with Crippen LogP contribution in [0.2, 0.25) is 0 Å². The fourth-order valence-corrected chi connectivity index (χ4v) is 2.05. The molecule has 0 spiro atoms. The van der Waals surface area contributed by atoms with E-state index in [2.05, 4.69) is 15.1 Å². The molecule has 2 N–H and O–H groups in total. The predicted octanol–water partition coefficient (Wildman–Crippen LogP) is 0.898. The molecule has 0 radical (unpaired) electrons. The first-order valence-electron chi connectivity index (χ1n) is 5.82. The van der Waals surface area contributed by atoms with Crippen LogP contribution in [-0.4, -0.2) is 24.9 Å². The number of nitrogens with zero attached hydrogens (tertiary/aromatic N) is 3. The van der Waals surface area contributed by atoms with Gasteiger partial charge in [-0.15, -0.1) is 0 Å². The average molecular weight is 234 g/mol. The quantitative estimate of drug-likeness (QED) is 0.808. The summed E-state index contributed by atoms with van der Waals surface area (Å²) in [5.41, 5.74) is 0.339. The molecule has 1 atom stereocenters. The molecule has 17 heavy (non-hydrogen) atoms. The maximum Gasteiger partial charge on any atom is 0.262 e. The van der Waals surface area contributed by atoms with Crippen LogP contribution in [0.1, 0.15) is 44.2 Å². The van der Waals surface area contributed by atoms with Crippen LogP contribution >= 0.6 is 0 Å². The Kier molecular flexibility index (Phi) is 2.25. The summed E-state index contributed by atoms with van der Waals surface area (Å²) >= 11 is 0. The Hall–Kier alpha value is -1.69. The molecule has 6 nitrogen and oxygen atoms in total. The first-order valence-corrected chi connectivity index (χ1v) is 5.82. The number of aliphatic hydroxyl groups excluding tert-OH is 1. The highest BCUT2D eigenvalue weighted by Crippen LogP contribution is 2.32. The Balaban J connectivity index is 2.22. The third-order valence-corrected chi connectivity index (χ3v) is 3.30. The fraction of sp³-hybridized carbons (Fsp3) is 0.545. The van der Waals surface area contributed by atoms with Gasteiger partial charge in [0.1, 0.15) is 17.3 Å². The number of rotatable bonds is 2. The number of aromatic nitrogens is 4. The number of aromatic amines is 1. The molecule has 2 aromatic heterocycles. The molecule has 2 aromatic rings. The van der Waals surface area contributed by atoms with Crippen molar-refractivity contribution >= 4 is 11.0 Å². The van der Waals surface area contributed by atoms with Crippen LogP contribution in [0.25, 0.3) is 11.0 Å². The molecule has 0 aromatic carbocycles. The lowest BCUT2D eigenvalue weighted by Crippen LogP contribution is -2.20. The van der Waals surface area contributed by atoms with Crippen LogP contribution in [-0.2, 0) is 0 Å². The Labute approximate surface area is 97.3 Å².